The van der Waals surface area contributed by atoms with Crippen molar-refractivity contribution in [2.24, 2.45) is 0 Å². The second-order valence-corrected chi connectivity index (χ2v) is 7.02. The van der Waals surface area contributed by atoms with Gasteiger partial charge in [0, 0.05) is 11.4 Å². The predicted octanol–water partition coefficient (Wildman–Crippen LogP) is 2.83. The Morgan fingerprint density at radius 2 is 2.09 bits per heavy atom. The van der Waals surface area contributed by atoms with Crippen LogP contribution in [-0.2, 0) is 4.79 Å². The van der Waals surface area contributed by atoms with Crippen LogP contribution in [0.2, 0.25) is 0 Å². The fourth-order valence-corrected chi connectivity index (χ4v) is 3.24. The van der Waals surface area contributed by atoms with Crippen LogP contribution in [0.15, 0.2) is 29.2 Å². The molecule has 1 fully saturated rings. The summed E-state index contributed by atoms with van der Waals surface area (Å²) in [4.78, 5) is 25.2. The molecule has 0 aliphatic carbocycles. The third-order valence-corrected chi connectivity index (χ3v) is 4.77. The van der Waals surface area contributed by atoms with Gasteiger partial charge in [0.05, 0.1) is 6.04 Å². The maximum Gasteiger partial charge on any atom is 0.315 e. The number of amides is 3. The van der Waals surface area contributed by atoms with Gasteiger partial charge in [-0.25, -0.2) is 4.79 Å². The van der Waals surface area contributed by atoms with Crippen molar-refractivity contribution in [1.29, 1.82) is 0 Å². The van der Waals surface area contributed by atoms with Crippen LogP contribution >= 0.6 is 11.8 Å². The zero-order valence-corrected chi connectivity index (χ0v) is 14.5. The van der Waals surface area contributed by atoms with Gasteiger partial charge in [0.25, 0.3) is 0 Å². The summed E-state index contributed by atoms with van der Waals surface area (Å²) in [6.07, 6.45) is 2.59. The van der Waals surface area contributed by atoms with Gasteiger partial charge in [-0.05, 0) is 49.6 Å². The lowest BCUT2D eigenvalue weighted by Crippen LogP contribution is -2.49. The van der Waals surface area contributed by atoms with Crippen LogP contribution in [0.5, 0.6) is 0 Å². The van der Waals surface area contributed by atoms with Crippen molar-refractivity contribution < 1.29 is 9.59 Å². The van der Waals surface area contributed by atoms with Gasteiger partial charge in [0.1, 0.15) is 6.04 Å². The highest BCUT2D eigenvalue weighted by Crippen LogP contribution is 2.20. The van der Waals surface area contributed by atoms with Crippen LogP contribution in [0.25, 0.3) is 0 Å². The third kappa shape index (κ3) is 5.46. The molecule has 1 heterocycles. The average Bonchev–Trinajstić information content (AvgIpc) is 2.73. The molecule has 2 unspecified atom stereocenters. The maximum absolute atomic E-state index is 12.1. The molecule has 6 heteroatoms. The van der Waals surface area contributed by atoms with Gasteiger partial charge in [-0.1, -0.05) is 19.1 Å². The highest BCUT2D eigenvalue weighted by atomic mass is 32.2. The molecule has 1 aliphatic rings. The molecule has 1 aliphatic heterocycles. The van der Waals surface area contributed by atoms with Crippen molar-refractivity contribution in [2.45, 2.75) is 50.1 Å². The Morgan fingerprint density at radius 1 is 1.35 bits per heavy atom. The maximum atomic E-state index is 12.1. The molecule has 1 saturated heterocycles. The molecule has 0 saturated carbocycles. The van der Waals surface area contributed by atoms with Crippen LogP contribution in [0.3, 0.4) is 0 Å². The molecule has 2 rings (SSSR count). The minimum Gasteiger partial charge on any atom is -0.354 e. The van der Waals surface area contributed by atoms with Crippen LogP contribution in [-0.4, -0.2) is 30.3 Å². The molecule has 1 aromatic rings. The number of hydrogen-bond acceptors (Lipinski definition) is 3. The molecule has 1 aromatic carbocycles. The normalized spacial score (nSPS) is 19.4. The van der Waals surface area contributed by atoms with Crippen molar-refractivity contribution in [2.75, 3.05) is 12.3 Å². The molecular weight excluding hydrogens is 310 g/mol. The number of rotatable bonds is 5. The van der Waals surface area contributed by atoms with E-state index < -0.39 is 6.04 Å². The van der Waals surface area contributed by atoms with E-state index in [1.54, 1.807) is 11.8 Å². The van der Waals surface area contributed by atoms with Crippen molar-refractivity contribution in [3.63, 3.8) is 0 Å². The molecule has 126 valence electrons. The molecule has 3 amide bonds. The van der Waals surface area contributed by atoms with E-state index in [1.807, 2.05) is 19.1 Å². The minimum absolute atomic E-state index is 0.0914. The van der Waals surface area contributed by atoms with E-state index in [4.69, 9.17) is 0 Å². The monoisotopic (exact) mass is 335 g/mol. The minimum atomic E-state index is -0.437. The summed E-state index contributed by atoms with van der Waals surface area (Å²) in [6, 6.07) is 7.35. The highest BCUT2D eigenvalue weighted by Gasteiger charge is 2.22. The quantitative estimate of drug-likeness (QED) is 0.725. The number of carbonyl (C=O) groups excluding carboxylic acids is 2. The Bertz CT molecular complexity index is 533. The van der Waals surface area contributed by atoms with Gasteiger partial charge in [0.15, 0.2) is 0 Å². The van der Waals surface area contributed by atoms with Crippen LogP contribution in [0, 0.1) is 0 Å². The van der Waals surface area contributed by atoms with E-state index in [2.05, 4.69) is 35.0 Å². The Hall–Kier alpha value is -1.69. The molecule has 23 heavy (non-hydrogen) atoms. The van der Waals surface area contributed by atoms with Crippen molar-refractivity contribution in [3.8, 4) is 0 Å². The first-order valence-electron chi connectivity index (χ1n) is 8.17. The largest absolute Gasteiger partial charge is 0.354 e. The fraction of sp³-hybridized carbons (Fsp3) is 0.529. The van der Waals surface area contributed by atoms with Gasteiger partial charge >= 0.3 is 6.03 Å². The number of benzene rings is 1. The summed E-state index contributed by atoms with van der Waals surface area (Å²) in [5.41, 5.74) is 1.05. The molecule has 0 bridgehead atoms. The standard InChI is InChI=1S/C17H25N3O2S/c1-3-23-14-9-7-13(8-10-14)12(2)19-17(22)20-15-6-4-5-11-18-16(15)21/h7-10,12,15H,3-6,11H2,1-2H3,(H,18,21)(H2,19,20,22). The summed E-state index contributed by atoms with van der Waals surface area (Å²) in [5.74, 6) is 0.949. The van der Waals surface area contributed by atoms with Crippen LogP contribution in [0.1, 0.15) is 44.7 Å². The third-order valence-electron chi connectivity index (χ3n) is 3.88. The Labute approximate surface area is 142 Å². The lowest BCUT2D eigenvalue weighted by Gasteiger charge is -2.19. The average molecular weight is 335 g/mol. The number of carbonyl (C=O) groups is 2. The zero-order chi connectivity index (χ0) is 16.7. The number of nitrogens with one attached hydrogen (secondary N) is 3. The van der Waals surface area contributed by atoms with E-state index in [0.29, 0.717) is 13.0 Å². The number of urea groups is 1. The van der Waals surface area contributed by atoms with E-state index >= 15 is 0 Å². The van der Waals surface area contributed by atoms with Crippen molar-refractivity contribution in [1.82, 2.24) is 16.0 Å². The SMILES string of the molecule is CCSc1ccc(C(C)NC(=O)NC2CCCCNC2=O)cc1. The number of hydrogen-bond donors (Lipinski definition) is 3. The Kier molecular flexibility index (Phi) is 6.77. The fourth-order valence-electron chi connectivity index (χ4n) is 2.58. The summed E-state index contributed by atoms with van der Waals surface area (Å²) >= 11 is 1.79. The van der Waals surface area contributed by atoms with Gasteiger partial charge in [0.2, 0.25) is 5.91 Å². The first-order valence-corrected chi connectivity index (χ1v) is 9.16. The number of thioether (sulfide) groups is 1. The highest BCUT2D eigenvalue weighted by molar-refractivity contribution is 7.99. The molecular formula is C17H25N3O2S. The van der Waals surface area contributed by atoms with E-state index in [-0.39, 0.29) is 18.0 Å². The summed E-state index contributed by atoms with van der Waals surface area (Å²) in [6.45, 7) is 4.75. The zero-order valence-electron chi connectivity index (χ0n) is 13.7. The molecule has 0 spiro atoms. The summed E-state index contributed by atoms with van der Waals surface area (Å²) in [7, 11) is 0. The lowest BCUT2D eigenvalue weighted by atomic mass is 10.1. The van der Waals surface area contributed by atoms with E-state index in [1.165, 1.54) is 4.90 Å². The lowest BCUT2D eigenvalue weighted by molar-refractivity contribution is -0.122. The predicted molar refractivity (Wildman–Crippen MR) is 93.6 cm³/mol. The molecule has 0 aromatic heterocycles. The summed E-state index contributed by atoms with van der Waals surface area (Å²) < 4.78 is 0. The summed E-state index contributed by atoms with van der Waals surface area (Å²) in [5, 5.41) is 8.49. The molecule has 3 N–H and O–H groups in total. The van der Waals surface area contributed by atoms with E-state index in [0.717, 1.165) is 24.2 Å². The van der Waals surface area contributed by atoms with Crippen molar-refractivity contribution in [3.05, 3.63) is 29.8 Å². The second kappa shape index (κ2) is 8.82. The van der Waals surface area contributed by atoms with Gasteiger partial charge < -0.3 is 16.0 Å². The second-order valence-electron chi connectivity index (χ2n) is 5.68. The Morgan fingerprint density at radius 3 is 2.78 bits per heavy atom. The van der Waals surface area contributed by atoms with E-state index in [9.17, 15) is 9.59 Å². The smallest absolute Gasteiger partial charge is 0.315 e. The first-order chi connectivity index (χ1) is 11.1. The van der Waals surface area contributed by atoms with Gasteiger partial charge in [-0.2, -0.15) is 0 Å². The molecule has 0 radical (unpaired) electrons. The van der Waals surface area contributed by atoms with Crippen molar-refractivity contribution >= 4 is 23.7 Å². The van der Waals surface area contributed by atoms with Gasteiger partial charge in [-0.15, -0.1) is 11.8 Å². The molecule has 2 atom stereocenters. The van der Waals surface area contributed by atoms with Gasteiger partial charge in [-0.3, -0.25) is 4.79 Å². The Balaban J connectivity index is 1.87. The topological polar surface area (TPSA) is 70.2 Å². The van der Waals surface area contributed by atoms with Crippen LogP contribution in [0.4, 0.5) is 4.79 Å². The van der Waals surface area contributed by atoms with Crippen LogP contribution < -0.4 is 16.0 Å². The first kappa shape index (κ1) is 17.7. The molecule has 5 nitrogen and oxygen atoms in total.